The smallest absolute Gasteiger partial charge is 0.243 e. The first-order chi connectivity index (χ1) is 8.59. The second-order valence-electron chi connectivity index (χ2n) is 5.63. The Kier molecular flexibility index (Phi) is 4.04. The van der Waals surface area contributed by atoms with Crippen LogP contribution >= 0.6 is 0 Å². The molecule has 0 bridgehead atoms. The van der Waals surface area contributed by atoms with Gasteiger partial charge in [0, 0.05) is 12.0 Å². The number of hydrogen-bond donors (Lipinski definition) is 2. The Balaban J connectivity index is 1.94. The Bertz CT molecular complexity index is 365. The normalized spacial score (nSPS) is 32.5. The zero-order valence-corrected chi connectivity index (χ0v) is 11.0. The first kappa shape index (κ1) is 13.1. The molecule has 0 aromatic rings. The molecule has 4 nitrogen and oxygen atoms in total. The van der Waals surface area contributed by atoms with E-state index in [0.717, 1.165) is 38.5 Å². The SMILES string of the molecule is C[C@@]1(NC(=O)[C@@H]2CCCCC(=O)N2)CC=CCC1. The number of rotatable bonds is 2. The van der Waals surface area contributed by atoms with Crippen molar-refractivity contribution in [2.75, 3.05) is 0 Å². The van der Waals surface area contributed by atoms with Gasteiger partial charge in [-0.05, 0) is 39.0 Å². The quantitative estimate of drug-likeness (QED) is 0.732. The van der Waals surface area contributed by atoms with Crippen LogP contribution in [0, 0.1) is 0 Å². The zero-order chi connectivity index (χ0) is 13.0. The van der Waals surface area contributed by atoms with E-state index in [-0.39, 0.29) is 23.4 Å². The maximum absolute atomic E-state index is 12.2. The lowest BCUT2D eigenvalue weighted by Gasteiger charge is -2.33. The van der Waals surface area contributed by atoms with Crippen LogP contribution in [-0.2, 0) is 9.59 Å². The average molecular weight is 250 g/mol. The molecule has 0 unspecified atom stereocenters. The van der Waals surface area contributed by atoms with Crippen LogP contribution in [0.4, 0.5) is 0 Å². The Hall–Kier alpha value is -1.32. The summed E-state index contributed by atoms with van der Waals surface area (Å²) in [6.45, 7) is 2.08. The summed E-state index contributed by atoms with van der Waals surface area (Å²) in [6.07, 6.45) is 10.2. The van der Waals surface area contributed by atoms with Gasteiger partial charge in [-0.1, -0.05) is 18.6 Å². The molecule has 4 heteroatoms. The molecule has 0 aromatic heterocycles. The molecule has 100 valence electrons. The van der Waals surface area contributed by atoms with E-state index in [0.29, 0.717) is 6.42 Å². The number of carbonyl (C=O) groups excluding carboxylic acids is 2. The third kappa shape index (κ3) is 3.34. The van der Waals surface area contributed by atoms with Crippen molar-refractivity contribution in [3.63, 3.8) is 0 Å². The van der Waals surface area contributed by atoms with Gasteiger partial charge >= 0.3 is 0 Å². The van der Waals surface area contributed by atoms with E-state index in [9.17, 15) is 9.59 Å². The molecule has 0 saturated carbocycles. The minimum absolute atomic E-state index is 0.00124. The van der Waals surface area contributed by atoms with Crippen LogP contribution in [0.15, 0.2) is 12.2 Å². The minimum Gasteiger partial charge on any atom is -0.349 e. The summed E-state index contributed by atoms with van der Waals surface area (Å²) in [6, 6.07) is -0.345. The third-order valence-corrected chi connectivity index (χ3v) is 3.82. The summed E-state index contributed by atoms with van der Waals surface area (Å²) in [5.74, 6) is -0.0237. The van der Waals surface area contributed by atoms with Crippen molar-refractivity contribution in [1.82, 2.24) is 10.6 Å². The Morgan fingerprint density at radius 2 is 2.28 bits per heavy atom. The van der Waals surface area contributed by atoms with Gasteiger partial charge in [0.2, 0.25) is 11.8 Å². The predicted molar refractivity (Wildman–Crippen MR) is 69.9 cm³/mol. The highest BCUT2D eigenvalue weighted by Gasteiger charge is 2.30. The number of allylic oxidation sites excluding steroid dienone is 1. The van der Waals surface area contributed by atoms with Crippen molar-refractivity contribution >= 4 is 11.8 Å². The van der Waals surface area contributed by atoms with E-state index in [1.165, 1.54) is 0 Å². The highest BCUT2D eigenvalue weighted by atomic mass is 16.2. The van der Waals surface area contributed by atoms with Gasteiger partial charge in [-0.15, -0.1) is 0 Å². The first-order valence-electron chi connectivity index (χ1n) is 6.85. The fourth-order valence-corrected chi connectivity index (χ4v) is 2.63. The van der Waals surface area contributed by atoms with Gasteiger partial charge in [-0.2, -0.15) is 0 Å². The van der Waals surface area contributed by atoms with E-state index >= 15 is 0 Å². The average Bonchev–Trinajstić information content (AvgIpc) is 2.54. The van der Waals surface area contributed by atoms with Gasteiger partial charge in [-0.25, -0.2) is 0 Å². The molecule has 1 aliphatic carbocycles. The third-order valence-electron chi connectivity index (χ3n) is 3.82. The number of nitrogens with one attached hydrogen (secondary N) is 2. The zero-order valence-electron chi connectivity index (χ0n) is 11.0. The lowest BCUT2D eigenvalue weighted by atomic mass is 9.87. The van der Waals surface area contributed by atoms with Crippen molar-refractivity contribution < 1.29 is 9.59 Å². The van der Waals surface area contributed by atoms with Gasteiger partial charge in [-0.3, -0.25) is 9.59 Å². The lowest BCUT2D eigenvalue weighted by Crippen LogP contribution is -2.54. The molecule has 1 fully saturated rings. The standard InChI is InChI=1S/C14H22N2O2/c1-14(9-5-2-6-10-14)16-13(18)11-7-3-4-8-12(17)15-11/h2,5,11H,3-4,6-10H2,1H3,(H,15,17)(H,16,18)/t11-,14+/m0/s1. The molecule has 1 heterocycles. The van der Waals surface area contributed by atoms with Crippen molar-refractivity contribution in [1.29, 1.82) is 0 Å². The summed E-state index contributed by atoms with van der Waals surface area (Å²) in [7, 11) is 0. The molecule has 18 heavy (non-hydrogen) atoms. The summed E-state index contributed by atoms with van der Waals surface area (Å²) >= 11 is 0. The Labute approximate surface area is 108 Å². The summed E-state index contributed by atoms with van der Waals surface area (Å²) < 4.78 is 0. The number of hydrogen-bond acceptors (Lipinski definition) is 2. The van der Waals surface area contributed by atoms with Crippen LogP contribution in [0.5, 0.6) is 0 Å². The van der Waals surface area contributed by atoms with Crippen LogP contribution in [0.25, 0.3) is 0 Å². The van der Waals surface area contributed by atoms with Crippen LogP contribution in [-0.4, -0.2) is 23.4 Å². The van der Waals surface area contributed by atoms with Gasteiger partial charge in [0.1, 0.15) is 6.04 Å². The Morgan fingerprint density at radius 3 is 3.00 bits per heavy atom. The molecule has 0 spiro atoms. The van der Waals surface area contributed by atoms with Crippen LogP contribution in [0.1, 0.15) is 51.9 Å². The molecular weight excluding hydrogens is 228 g/mol. The molecule has 2 N–H and O–H groups in total. The predicted octanol–water partition coefficient (Wildman–Crippen LogP) is 1.66. The summed E-state index contributed by atoms with van der Waals surface area (Å²) in [4.78, 5) is 23.7. The molecule has 0 radical (unpaired) electrons. The lowest BCUT2D eigenvalue weighted by molar-refractivity contribution is -0.129. The second-order valence-corrected chi connectivity index (χ2v) is 5.63. The van der Waals surface area contributed by atoms with Crippen molar-refractivity contribution in [3.05, 3.63) is 12.2 Å². The van der Waals surface area contributed by atoms with Gasteiger partial charge in [0.25, 0.3) is 0 Å². The van der Waals surface area contributed by atoms with Crippen LogP contribution in [0.2, 0.25) is 0 Å². The highest BCUT2D eigenvalue weighted by molar-refractivity contribution is 5.88. The minimum atomic E-state index is -0.345. The fraction of sp³-hybridized carbons (Fsp3) is 0.714. The molecule has 2 atom stereocenters. The molecule has 1 aliphatic heterocycles. The van der Waals surface area contributed by atoms with E-state index in [4.69, 9.17) is 0 Å². The van der Waals surface area contributed by atoms with Crippen molar-refractivity contribution in [3.8, 4) is 0 Å². The summed E-state index contributed by atoms with van der Waals surface area (Å²) in [5, 5.41) is 5.92. The van der Waals surface area contributed by atoms with Gasteiger partial charge in [0.15, 0.2) is 0 Å². The molecule has 2 rings (SSSR count). The fourth-order valence-electron chi connectivity index (χ4n) is 2.63. The largest absolute Gasteiger partial charge is 0.349 e. The van der Waals surface area contributed by atoms with Crippen molar-refractivity contribution in [2.45, 2.75) is 63.5 Å². The van der Waals surface area contributed by atoms with Crippen LogP contribution < -0.4 is 10.6 Å². The van der Waals surface area contributed by atoms with Gasteiger partial charge in [0.05, 0.1) is 0 Å². The van der Waals surface area contributed by atoms with Crippen molar-refractivity contribution in [2.24, 2.45) is 0 Å². The number of amides is 2. The first-order valence-corrected chi connectivity index (χ1v) is 6.85. The molecule has 2 aliphatic rings. The van der Waals surface area contributed by atoms with Crippen LogP contribution in [0.3, 0.4) is 0 Å². The monoisotopic (exact) mass is 250 g/mol. The Morgan fingerprint density at radius 1 is 1.44 bits per heavy atom. The topological polar surface area (TPSA) is 58.2 Å². The van der Waals surface area contributed by atoms with Gasteiger partial charge < -0.3 is 10.6 Å². The molecule has 0 aromatic carbocycles. The number of carbonyl (C=O) groups is 2. The summed E-state index contributed by atoms with van der Waals surface area (Å²) in [5.41, 5.74) is -0.150. The molecule has 2 amide bonds. The highest BCUT2D eigenvalue weighted by Crippen LogP contribution is 2.23. The maximum Gasteiger partial charge on any atom is 0.243 e. The van der Waals surface area contributed by atoms with E-state index in [1.807, 2.05) is 0 Å². The molecular formula is C14H22N2O2. The molecule has 1 saturated heterocycles. The van der Waals surface area contributed by atoms with E-state index in [2.05, 4.69) is 29.7 Å². The maximum atomic E-state index is 12.2. The van der Waals surface area contributed by atoms with E-state index in [1.54, 1.807) is 0 Å². The second kappa shape index (κ2) is 5.55. The van der Waals surface area contributed by atoms with E-state index < -0.39 is 0 Å².